The number of hydrogen-bond donors (Lipinski definition) is 2. The van der Waals surface area contributed by atoms with Gasteiger partial charge in [0.1, 0.15) is 11.5 Å². The van der Waals surface area contributed by atoms with E-state index in [9.17, 15) is 8.42 Å². The van der Waals surface area contributed by atoms with Crippen molar-refractivity contribution in [2.75, 3.05) is 11.9 Å². The van der Waals surface area contributed by atoms with Gasteiger partial charge in [0.25, 0.3) is 0 Å². The molecule has 0 bridgehead atoms. The van der Waals surface area contributed by atoms with Gasteiger partial charge >= 0.3 is 0 Å². The molecule has 3 heterocycles. The molecule has 3 aromatic heterocycles. The first kappa shape index (κ1) is 22.0. The Morgan fingerprint density at radius 3 is 2.56 bits per heavy atom. The Morgan fingerprint density at radius 1 is 0.969 bits per heavy atom. The predicted octanol–water partition coefficient (Wildman–Crippen LogP) is 3.67. The van der Waals surface area contributed by atoms with Gasteiger partial charge in [-0.3, -0.25) is 9.97 Å². The summed E-state index contributed by atoms with van der Waals surface area (Å²) in [5.74, 6) is 1.07. The maximum absolute atomic E-state index is 11.9. The number of primary sulfonamides is 1. The largest absolute Gasteiger partial charge is 0.370 e. The van der Waals surface area contributed by atoms with Crippen LogP contribution in [0.2, 0.25) is 0 Å². The lowest BCUT2D eigenvalue weighted by Crippen LogP contribution is -2.16. The molecule has 0 fully saturated rings. The molecule has 0 aliphatic rings. The highest BCUT2D eigenvalue weighted by Gasteiger charge is 2.15. The molecule has 10 heteroatoms. The van der Waals surface area contributed by atoms with E-state index in [-0.39, 0.29) is 4.90 Å². The summed E-state index contributed by atoms with van der Waals surface area (Å²) < 4.78 is 24.5. The summed E-state index contributed by atoms with van der Waals surface area (Å²) in [4.78, 5) is 17.8. The molecule has 0 aliphatic carbocycles. The molecule has 1 aromatic carbocycles. The van der Waals surface area contributed by atoms with Crippen molar-refractivity contribution in [2.45, 2.75) is 11.3 Å². The van der Waals surface area contributed by atoms with Gasteiger partial charge in [-0.15, -0.1) is 0 Å². The van der Waals surface area contributed by atoms with E-state index in [1.165, 1.54) is 6.07 Å². The summed E-state index contributed by atoms with van der Waals surface area (Å²) in [5, 5.41) is 8.64. The fourth-order valence-electron chi connectivity index (χ4n) is 3.13. The molecule has 0 unspecified atom stereocenters. The van der Waals surface area contributed by atoms with Crippen LogP contribution >= 0.6 is 15.9 Å². The highest BCUT2D eigenvalue weighted by Crippen LogP contribution is 2.24. The van der Waals surface area contributed by atoms with Crippen molar-refractivity contribution >= 4 is 31.8 Å². The van der Waals surface area contributed by atoms with Gasteiger partial charge in [-0.05, 0) is 48.4 Å². The summed E-state index contributed by atoms with van der Waals surface area (Å²) in [6.45, 7) is 0.440. The van der Waals surface area contributed by atoms with E-state index < -0.39 is 10.0 Å². The minimum Gasteiger partial charge on any atom is -0.370 e. The van der Waals surface area contributed by atoms with Crippen LogP contribution in [0.1, 0.15) is 5.56 Å². The predicted molar refractivity (Wildman–Crippen MR) is 126 cm³/mol. The molecule has 4 rings (SSSR count). The van der Waals surface area contributed by atoms with E-state index in [2.05, 4.69) is 41.2 Å². The first-order valence-corrected chi connectivity index (χ1v) is 12.0. The molecule has 0 amide bonds. The quantitative estimate of drug-likeness (QED) is 0.388. The second-order valence-corrected chi connectivity index (χ2v) is 9.34. The number of sulfonamides is 1. The number of halogens is 1. The van der Waals surface area contributed by atoms with Crippen LogP contribution < -0.4 is 10.5 Å². The fourth-order valence-corrected chi connectivity index (χ4v) is 4.47. The SMILES string of the molecule is NS(=O)(=O)c1cc(Br)ccc1CCNc1cc(-c2cccnc2)nc(-c2ccccn2)n1. The van der Waals surface area contributed by atoms with Crippen LogP contribution in [0.5, 0.6) is 0 Å². The molecule has 0 spiro atoms. The molecule has 0 saturated heterocycles. The minimum atomic E-state index is -3.84. The zero-order valence-corrected chi connectivity index (χ0v) is 19.2. The van der Waals surface area contributed by atoms with Crippen molar-refractivity contribution in [1.29, 1.82) is 0 Å². The van der Waals surface area contributed by atoms with Crippen molar-refractivity contribution in [3.8, 4) is 22.8 Å². The normalized spacial score (nSPS) is 11.3. The van der Waals surface area contributed by atoms with Crippen LogP contribution in [-0.4, -0.2) is 34.9 Å². The number of nitrogens with zero attached hydrogens (tertiary/aromatic N) is 4. The third-order valence-electron chi connectivity index (χ3n) is 4.61. The number of nitrogens with two attached hydrogens (primary N) is 1. The molecule has 0 radical (unpaired) electrons. The second-order valence-electron chi connectivity index (χ2n) is 6.89. The first-order valence-electron chi connectivity index (χ1n) is 9.66. The summed E-state index contributed by atoms with van der Waals surface area (Å²) in [6, 6.07) is 16.2. The molecule has 3 N–H and O–H groups in total. The monoisotopic (exact) mass is 510 g/mol. The van der Waals surface area contributed by atoms with Gasteiger partial charge in [0.05, 0.1) is 10.6 Å². The molecular formula is C22H19BrN6O2S. The van der Waals surface area contributed by atoms with Crippen LogP contribution in [0.4, 0.5) is 5.82 Å². The van der Waals surface area contributed by atoms with Gasteiger partial charge < -0.3 is 5.32 Å². The number of aromatic nitrogens is 4. The van der Waals surface area contributed by atoms with Gasteiger partial charge in [0.2, 0.25) is 10.0 Å². The van der Waals surface area contributed by atoms with Crippen LogP contribution in [-0.2, 0) is 16.4 Å². The van der Waals surface area contributed by atoms with Gasteiger partial charge in [0.15, 0.2) is 5.82 Å². The number of pyridine rings is 2. The molecule has 0 atom stereocenters. The van der Waals surface area contributed by atoms with Crippen molar-refractivity contribution in [3.05, 3.63) is 83.2 Å². The van der Waals surface area contributed by atoms with E-state index in [0.717, 1.165) is 5.56 Å². The summed E-state index contributed by atoms with van der Waals surface area (Å²) in [6.07, 6.45) is 5.55. The fraction of sp³-hybridized carbons (Fsp3) is 0.0909. The number of hydrogen-bond acceptors (Lipinski definition) is 7. The van der Waals surface area contributed by atoms with Crippen LogP contribution in [0, 0.1) is 0 Å². The second kappa shape index (κ2) is 9.51. The molecular weight excluding hydrogens is 492 g/mol. The van der Waals surface area contributed by atoms with Crippen molar-refractivity contribution in [1.82, 2.24) is 19.9 Å². The summed E-state index contributed by atoms with van der Waals surface area (Å²) >= 11 is 3.29. The highest BCUT2D eigenvalue weighted by molar-refractivity contribution is 9.10. The molecule has 0 saturated carbocycles. The molecule has 0 aliphatic heterocycles. The number of rotatable bonds is 7. The number of anilines is 1. The molecule has 32 heavy (non-hydrogen) atoms. The Bertz CT molecular complexity index is 1280. The van der Waals surface area contributed by atoms with Gasteiger partial charge in [-0.25, -0.2) is 23.5 Å². The molecule has 4 aromatic rings. The Morgan fingerprint density at radius 2 is 1.84 bits per heavy atom. The first-order chi connectivity index (χ1) is 15.4. The Balaban J connectivity index is 1.62. The Hall–Kier alpha value is -3.21. The summed E-state index contributed by atoms with van der Waals surface area (Å²) in [5.41, 5.74) is 2.81. The molecule has 162 valence electrons. The van der Waals surface area contributed by atoms with Gasteiger partial charge in [-0.2, -0.15) is 0 Å². The number of benzene rings is 1. The minimum absolute atomic E-state index is 0.0987. The smallest absolute Gasteiger partial charge is 0.238 e. The van der Waals surface area contributed by atoms with E-state index in [4.69, 9.17) is 5.14 Å². The molecule has 8 nitrogen and oxygen atoms in total. The average molecular weight is 511 g/mol. The summed E-state index contributed by atoms with van der Waals surface area (Å²) in [7, 11) is -3.84. The topological polar surface area (TPSA) is 124 Å². The lowest BCUT2D eigenvalue weighted by atomic mass is 10.1. The van der Waals surface area contributed by atoms with E-state index >= 15 is 0 Å². The Labute approximate surface area is 194 Å². The zero-order chi connectivity index (χ0) is 22.6. The van der Waals surface area contributed by atoms with Gasteiger partial charge in [-0.1, -0.05) is 28.1 Å². The lowest BCUT2D eigenvalue weighted by Gasteiger charge is -2.12. The van der Waals surface area contributed by atoms with Crippen molar-refractivity contribution in [2.24, 2.45) is 5.14 Å². The lowest BCUT2D eigenvalue weighted by molar-refractivity contribution is 0.596. The van der Waals surface area contributed by atoms with E-state index in [1.807, 2.05) is 36.4 Å². The van der Waals surface area contributed by atoms with Crippen molar-refractivity contribution in [3.63, 3.8) is 0 Å². The van der Waals surface area contributed by atoms with Crippen LogP contribution in [0.25, 0.3) is 22.8 Å². The highest BCUT2D eigenvalue weighted by atomic mass is 79.9. The van der Waals surface area contributed by atoms with E-state index in [0.29, 0.717) is 46.0 Å². The zero-order valence-electron chi connectivity index (χ0n) is 16.8. The van der Waals surface area contributed by atoms with Crippen molar-refractivity contribution < 1.29 is 8.42 Å². The van der Waals surface area contributed by atoms with Crippen LogP contribution in [0.15, 0.2) is 82.6 Å². The maximum Gasteiger partial charge on any atom is 0.238 e. The standard InChI is InChI=1S/C22H19BrN6O2S/c23-17-7-6-15(20(12-17)32(24,30)31)8-11-27-21-13-19(16-4-3-9-25-14-16)28-22(29-21)18-5-1-2-10-26-18/h1-7,9-10,12-14H,8,11H2,(H2,24,30,31)(H,27,28,29). The third kappa shape index (κ3) is 5.34. The van der Waals surface area contributed by atoms with Crippen LogP contribution in [0.3, 0.4) is 0 Å². The third-order valence-corrected chi connectivity index (χ3v) is 6.10. The Kier molecular flexibility index (Phi) is 6.54. The maximum atomic E-state index is 11.9. The number of nitrogens with one attached hydrogen (secondary N) is 1. The van der Waals surface area contributed by atoms with Gasteiger partial charge in [0, 0.05) is 41.2 Å². The average Bonchev–Trinajstić information content (AvgIpc) is 2.80. The van der Waals surface area contributed by atoms with E-state index in [1.54, 1.807) is 30.7 Å².